The highest BCUT2D eigenvalue weighted by Gasteiger charge is 2.18. The van der Waals surface area contributed by atoms with Gasteiger partial charge >= 0.3 is 11.4 Å². The summed E-state index contributed by atoms with van der Waals surface area (Å²) in [6.45, 7) is 0.938. The zero-order valence-electron chi connectivity index (χ0n) is 42.2. The van der Waals surface area contributed by atoms with Gasteiger partial charge in [0, 0.05) is 30.0 Å². The van der Waals surface area contributed by atoms with Gasteiger partial charge in [0.05, 0.1) is 66.2 Å². The maximum absolute atomic E-state index is 13.6. The van der Waals surface area contributed by atoms with Crippen LogP contribution in [-0.4, -0.2) is 37.2 Å². The van der Waals surface area contributed by atoms with E-state index in [-0.39, 0.29) is 48.6 Å². The number of hydrogen-bond donors (Lipinski definition) is 2. The summed E-state index contributed by atoms with van der Waals surface area (Å²) in [5.41, 5.74) is 3.86. The van der Waals surface area contributed by atoms with Gasteiger partial charge in [0.25, 0.3) is 11.1 Å². The molecule has 10 aromatic rings. The fourth-order valence-electron chi connectivity index (χ4n) is 8.95. The molecule has 0 spiro atoms. The number of benzene rings is 7. The van der Waals surface area contributed by atoms with E-state index in [0.29, 0.717) is 70.4 Å². The van der Waals surface area contributed by atoms with Crippen LogP contribution in [0.4, 0.5) is 8.78 Å². The molecule has 0 aliphatic heterocycles. The van der Waals surface area contributed by atoms with Crippen LogP contribution in [0, 0.1) is 11.6 Å². The molecule has 10 rings (SSSR count). The van der Waals surface area contributed by atoms with Crippen molar-refractivity contribution in [1.82, 2.24) is 28.9 Å². The minimum atomic E-state index is -0.542. The number of amides is 2. The lowest BCUT2D eigenvalue weighted by Gasteiger charge is -2.15. The van der Waals surface area contributed by atoms with Gasteiger partial charge in [0.1, 0.15) is 23.1 Å². The largest absolute Gasteiger partial charge is 0.496 e. The van der Waals surface area contributed by atoms with Crippen molar-refractivity contribution < 1.29 is 27.5 Å². The lowest BCUT2D eigenvalue weighted by molar-refractivity contribution is -0.122. The maximum Gasteiger partial charge on any atom is 0.336 e. The minimum absolute atomic E-state index is 0.0595. The first-order valence-corrected chi connectivity index (χ1v) is 25.3. The highest BCUT2D eigenvalue weighted by molar-refractivity contribution is 6.31. The molecule has 2 amide bonds. The molecule has 0 unspecified atom stereocenters. The number of aromatic nitrogens is 4. The van der Waals surface area contributed by atoms with E-state index in [1.807, 2.05) is 36.4 Å². The second-order valence-corrected chi connectivity index (χ2v) is 18.6. The average Bonchev–Trinajstić information content (AvgIpc) is 4.14. The minimum Gasteiger partial charge on any atom is -0.496 e. The zero-order valence-corrected chi connectivity index (χ0v) is 42.9. The van der Waals surface area contributed by atoms with Crippen LogP contribution < -0.4 is 37.9 Å². The summed E-state index contributed by atoms with van der Waals surface area (Å²) in [4.78, 5) is 78.5. The molecule has 3 heterocycles. The molecule has 0 aliphatic carbocycles. The number of carbonyl (C=O) groups excluding carboxylic acids is 2. The molecule has 0 saturated carbocycles. The van der Waals surface area contributed by atoms with Crippen LogP contribution in [0.5, 0.6) is 5.75 Å². The highest BCUT2D eigenvalue weighted by Crippen LogP contribution is 2.21. The summed E-state index contributed by atoms with van der Waals surface area (Å²) < 4.78 is 42.7. The Morgan fingerprint density at radius 1 is 0.538 bits per heavy atom. The van der Waals surface area contributed by atoms with Gasteiger partial charge in [-0.3, -0.25) is 28.3 Å². The molecular formula is C61H51ClF2N6O8. The Morgan fingerprint density at radius 3 is 1.58 bits per heavy atom. The average molecular weight is 1070 g/mol. The molecule has 7 aromatic carbocycles. The monoisotopic (exact) mass is 1070 g/mol. The SMILES string of the molecule is COc1ccccc1CNC(=O)CCc1ccc(-n2c(=O)c3ccccc3n(Cc3ccc(F)cc3)c2=O)cc1.O=C(CCc1ccc(-n2c(=O)c3ccccc3n(Cc3ccc(F)cc3Cl)c2=O)cc1)NCc1ccco1. The molecule has 0 aliphatic rings. The quantitative estimate of drug-likeness (QED) is 0.0910. The third kappa shape index (κ3) is 12.5. The lowest BCUT2D eigenvalue weighted by atomic mass is 10.1. The number of aryl methyl sites for hydroxylation is 2. The van der Waals surface area contributed by atoms with Crippen LogP contribution in [0.3, 0.4) is 0 Å². The summed E-state index contributed by atoms with van der Waals surface area (Å²) in [5.74, 6) is 0.355. The van der Waals surface area contributed by atoms with E-state index in [0.717, 1.165) is 37.1 Å². The number of para-hydroxylation sites is 3. The second kappa shape index (κ2) is 24.5. The molecule has 14 nitrogen and oxygen atoms in total. The molecule has 0 radical (unpaired) electrons. The van der Waals surface area contributed by atoms with Gasteiger partial charge in [-0.15, -0.1) is 0 Å². The van der Waals surface area contributed by atoms with Crippen LogP contribution >= 0.6 is 11.6 Å². The third-order valence-corrected chi connectivity index (χ3v) is 13.4. The van der Waals surface area contributed by atoms with Crippen molar-refractivity contribution in [2.45, 2.75) is 51.9 Å². The number of carbonyl (C=O) groups is 2. The van der Waals surface area contributed by atoms with Gasteiger partial charge < -0.3 is 19.8 Å². The number of nitrogens with one attached hydrogen (secondary N) is 2. The van der Waals surface area contributed by atoms with E-state index < -0.39 is 28.3 Å². The predicted molar refractivity (Wildman–Crippen MR) is 296 cm³/mol. The summed E-state index contributed by atoms with van der Waals surface area (Å²) in [7, 11) is 1.59. The number of hydrogen-bond acceptors (Lipinski definition) is 8. The summed E-state index contributed by atoms with van der Waals surface area (Å²) in [6.07, 6.45) is 3.11. The van der Waals surface area contributed by atoms with Gasteiger partial charge in [0.15, 0.2) is 0 Å². The van der Waals surface area contributed by atoms with Gasteiger partial charge in [-0.05, 0) is 126 Å². The second-order valence-electron chi connectivity index (χ2n) is 18.2. The Morgan fingerprint density at radius 2 is 1.04 bits per heavy atom. The number of fused-ring (bicyclic) bond motifs is 2. The first-order chi connectivity index (χ1) is 37.8. The molecular weight excluding hydrogens is 1020 g/mol. The molecule has 3 aromatic heterocycles. The lowest BCUT2D eigenvalue weighted by Crippen LogP contribution is -2.39. The molecule has 0 bridgehead atoms. The number of rotatable bonds is 17. The molecule has 2 N–H and O–H groups in total. The van der Waals surface area contributed by atoms with Gasteiger partial charge in [-0.25, -0.2) is 27.5 Å². The molecule has 17 heteroatoms. The van der Waals surface area contributed by atoms with E-state index >= 15 is 0 Å². The predicted octanol–water partition coefficient (Wildman–Crippen LogP) is 9.43. The van der Waals surface area contributed by atoms with Crippen LogP contribution in [-0.2, 0) is 48.6 Å². The van der Waals surface area contributed by atoms with Crippen LogP contribution in [0.2, 0.25) is 5.02 Å². The highest BCUT2D eigenvalue weighted by atomic mass is 35.5. The van der Waals surface area contributed by atoms with Crippen molar-refractivity contribution in [2.75, 3.05) is 7.11 Å². The van der Waals surface area contributed by atoms with Gasteiger partial charge in [0.2, 0.25) is 11.8 Å². The number of ether oxygens (including phenoxy) is 1. The maximum atomic E-state index is 13.6. The smallest absolute Gasteiger partial charge is 0.336 e. The molecule has 0 fully saturated rings. The van der Waals surface area contributed by atoms with Crippen molar-refractivity contribution >= 4 is 45.2 Å². The van der Waals surface area contributed by atoms with Crippen LogP contribution in [0.1, 0.15) is 46.4 Å². The van der Waals surface area contributed by atoms with E-state index in [2.05, 4.69) is 10.6 Å². The molecule has 0 saturated heterocycles. The summed E-state index contributed by atoms with van der Waals surface area (Å²) in [5, 5.41) is 6.68. The Bertz CT molecular complexity index is 4020. The van der Waals surface area contributed by atoms with Crippen molar-refractivity contribution in [3.8, 4) is 17.1 Å². The van der Waals surface area contributed by atoms with E-state index in [1.165, 1.54) is 39.5 Å². The number of methoxy groups -OCH3 is 1. The van der Waals surface area contributed by atoms with Gasteiger partial charge in [-0.1, -0.05) is 96.5 Å². The Balaban J connectivity index is 0.000000190. The fourth-order valence-corrected chi connectivity index (χ4v) is 9.18. The first-order valence-electron chi connectivity index (χ1n) is 24.9. The fraction of sp³-hybridized carbons (Fsp3) is 0.148. The summed E-state index contributed by atoms with van der Waals surface area (Å²) in [6, 6.07) is 48.7. The number of nitrogens with zero attached hydrogens (tertiary/aromatic N) is 4. The molecule has 0 atom stereocenters. The van der Waals surface area contributed by atoms with Crippen LogP contribution in [0.25, 0.3) is 33.2 Å². The van der Waals surface area contributed by atoms with Crippen molar-refractivity contribution in [3.05, 3.63) is 274 Å². The van der Waals surface area contributed by atoms with E-state index in [4.69, 9.17) is 20.8 Å². The van der Waals surface area contributed by atoms with Crippen molar-refractivity contribution in [3.63, 3.8) is 0 Å². The Kier molecular flexibility index (Phi) is 16.8. The third-order valence-electron chi connectivity index (χ3n) is 13.1. The van der Waals surface area contributed by atoms with Gasteiger partial charge in [-0.2, -0.15) is 0 Å². The van der Waals surface area contributed by atoms with Crippen LogP contribution in [0.15, 0.2) is 206 Å². The molecule has 78 heavy (non-hydrogen) atoms. The number of halogens is 3. The Hall–Kier alpha value is -9.41. The summed E-state index contributed by atoms with van der Waals surface area (Å²) >= 11 is 6.23. The van der Waals surface area contributed by atoms with E-state index in [9.17, 15) is 37.5 Å². The standard InChI is InChI=1S/C32H28FN3O4.C29H23ClFN3O4/c1-40-29-9-5-2-6-24(29)20-34-30(37)19-14-22-12-17-26(18-13-22)36-31(38)27-7-3-4-8-28(27)35(32(36)39)21-23-10-15-25(33)16-11-23;30-25-16-21(31)11-10-20(25)18-33-26-6-2-1-5-24(26)28(36)34(29(33)37)22-12-7-19(8-13-22)9-14-27(35)32-17-23-4-3-15-38-23/h2-13,15-18H,14,19-21H2,1H3,(H,34,37);1-8,10-13,15-16H,9,14,17-18H2,(H,32,35). The topological polar surface area (TPSA) is 169 Å². The van der Waals surface area contributed by atoms with Crippen molar-refractivity contribution in [1.29, 1.82) is 0 Å². The molecule has 394 valence electrons. The van der Waals surface area contributed by atoms with E-state index in [1.54, 1.807) is 123 Å². The number of furan rings is 1. The zero-order chi connectivity index (χ0) is 54.7. The first kappa shape index (κ1) is 53.4. The normalized spacial score (nSPS) is 11.0. The van der Waals surface area contributed by atoms with Crippen molar-refractivity contribution in [2.24, 2.45) is 0 Å². The Labute approximate surface area is 450 Å².